The minimum absolute atomic E-state index is 0.137. The zero-order chi connectivity index (χ0) is 8.55. The third kappa shape index (κ3) is 1.49. The van der Waals surface area contributed by atoms with E-state index in [1.54, 1.807) is 6.92 Å². The summed E-state index contributed by atoms with van der Waals surface area (Å²) >= 11 is 0. The number of aliphatic hydroxyl groups excluding tert-OH is 1. The maximum Gasteiger partial charge on any atom is 0.152 e. The van der Waals surface area contributed by atoms with Gasteiger partial charge in [-0.3, -0.25) is 0 Å². The molecule has 0 radical (unpaired) electrons. The van der Waals surface area contributed by atoms with E-state index in [1.165, 1.54) is 12.8 Å². The van der Waals surface area contributed by atoms with Crippen molar-refractivity contribution < 1.29 is 14.6 Å². The highest BCUT2D eigenvalue weighted by molar-refractivity contribution is 4.90. The molecule has 2 aliphatic rings. The fourth-order valence-electron chi connectivity index (χ4n) is 2.32. The molecule has 1 unspecified atom stereocenters. The summed E-state index contributed by atoms with van der Waals surface area (Å²) in [6, 6.07) is 0. The van der Waals surface area contributed by atoms with Gasteiger partial charge in [0.05, 0.1) is 12.2 Å². The Balaban J connectivity index is 1.91. The van der Waals surface area contributed by atoms with Crippen molar-refractivity contribution in [3.8, 4) is 0 Å². The van der Waals surface area contributed by atoms with Crippen molar-refractivity contribution >= 4 is 0 Å². The lowest BCUT2D eigenvalue weighted by Gasteiger charge is -2.20. The van der Waals surface area contributed by atoms with Crippen molar-refractivity contribution in [2.24, 2.45) is 5.92 Å². The van der Waals surface area contributed by atoms with Crippen LogP contribution in [0.25, 0.3) is 0 Å². The SMILES string of the molecule is CC(O)O[C@H]1CC[C@@H]2CCO[C@@H]21. The van der Waals surface area contributed by atoms with Crippen LogP contribution in [0.2, 0.25) is 0 Å². The number of hydrogen-bond donors (Lipinski definition) is 1. The molecule has 1 heterocycles. The van der Waals surface area contributed by atoms with Gasteiger partial charge >= 0.3 is 0 Å². The minimum atomic E-state index is -0.655. The minimum Gasteiger partial charge on any atom is -0.375 e. The Labute approximate surface area is 72.7 Å². The summed E-state index contributed by atoms with van der Waals surface area (Å²) in [6.07, 6.45) is 3.15. The third-order valence-corrected chi connectivity index (χ3v) is 2.82. The summed E-state index contributed by atoms with van der Waals surface area (Å²) in [5, 5.41) is 9.05. The highest BCUT2D eigenvalue weighted by atomic mass is 16.6. The quantitative estimate of drug-likeness (QED) is 0.629. The first-order chi connectivity index (χ1) is 5.77. The Morgan fingerprint density at radius 1 is 1.42 bits per heavy atom. The Kier molecular flexibility index (Phi) is 2.35. The van der Waals surface area contributed by atoms with Crippen LogP contribution in [0.1, 0.15) is 26.2 Å². The van der Waals surface area contributed by atoms with Crippen molar-refractivity contribution in [3.63, 3.8) is 0 Å². The van der Waals surface area contributed by atoms with Gasteiger partial charge in [0.2, 0.25) is 0 Å². The largest absolute Gasteiger partial charge is 0.375 e. The number of rotatable bonds is 2. The summed E-state index contributed by atoms with van der Waals surface area (Å²) in [6.45, 7) is 2.53. The van der Waals surface area contributed by atoms with Crippen LogP contribution in [0, 0.1) is 5.92 Å². The predicted octanol–water partition coefficient (Wildman–Crippen LogP) is 0.909. The molecule has 0 amide bonds. The number of fused-ring (bicyclic) bond motifs is 1. The maximum atomic E-state index is 9.05. The van der Waals surface area contributed by atoms with Gasteiger partial charge in [0.15, 0.2) is 6.29 Å². The lowest BCUT2D eigenvalue weighted by Crippen LogP contribution is -2.29. The Morgan fingerprint density at radius 2 is 2.25 bits per heavy atom. The van der Waals surface area contributed by atoms with E-state index in [0.29, 0.717) is 5.92 Å². The first kappa shape index (κ1) is 8.48. The first-order valence-corrected chi connectivity index (χ1v) is 4.72. The van der Waals surface area contributed by atoms with E-state index in [4.69, 9.17) is 14.6 Å². The highest BCUT2D eigenvalue weighted by Crippen LogP contribution is 2.37. The smallest absolute Gasteiger partial charge is 0.152 e. The molecule has 1 saturated carbocycles. The van der Waals surface area contributed by atoms with Crippen LogP contribution < -0.4 is 0 Å². The van der Waals surface area contributed by atoms with Gasteiger partial charge in [-0.2, -0.15) is 0 Å². The van der Waals surface area contributed by atoms with Crippen LogP contribution in [-0.2, 0) is 9.47 Å². The average Bonchev–Trinajstić information content (AvgIpc) is 2.52. The van der Waals surface area contributed by atoms with Gasteiger partial charge in [-0.25, -0.2) is 0 Å². The van der Waals surface area contributed by atoms with Crippen LogP contribution in [-0.4, -0.2) is 30.2 Å². The topological polar surface area (TPSA) is 38.7 Å². The maximum absolute atomic E-state index is 9.05. The van der Waals surface area contributed by atoms with E-state index in [2.05, 4.69) is 0 Å². The molecule has 0 spiro atoms. The van der Waals surface area contributed by atoms with Gasteiger partial charge in [0.1, 0.15) is 0 Å². The van der Waals surface area contributed by atoms with E-state index in [0.717, 1.165) is 13.0 Å². The second-order valence-electron chi connectivity index (χ2n) is 3.74. The molecule has 3 nitrogen and oxygen atoms in total. The number of ether oxygens (including phenoxy) is 2. The van der Waals surface area contributed by atoms with Gasteiger partial charge in [-0.05, 0) is 32.1 Å². The van der Waals surface area contributed by atoms with Crippen molar-refractivity contribution in [2.75, 3.05) is 6.61 Å². The van der Waals surface area contributed by atoms with Crippen LogP contribution in [0.3, 0.4) is 0 Å². The van der Waals surface area contributed by atoms with Crippen molar-refractivity contribution in [1.29, 1.82) is 0 Å². The van der Waals surface area contributed by atoms with Gasteiger partial charge in [-0.15, -0.1) is 0 Å². The predicted molar refractivity (Wildman–Crippen MR) is 43.6 cm³/mol. The van der Waals surface area contributed by atoms with Crippen LogP contribution >= 0.6 is 0 Å². The van der Waals surface area contributed by atoms with Crippen LogP contribution in [0.15, 0.2) is 0 Å². The monoisotopic (exact) mass is 172 g/mol. The first-order valence-electron chi connectivity index (χ1n) is 4.72. The second kappa shape index (κ2) is 3.32. The molecule has 1 saturated heterocycles. The molecule has 2 rings (SSSR count). The molecule has 0 aromatic heterocycles. The lowest BCUT2D eigenvalue weighted by molar-refractivity contribution is -0.151. The van der Waals surface area contributed by atoms with Crippen LogP contribution in [0.5, 0.6) is 0 Å². The van der Waals surface area contributed by atoms with E-state index in [9.17, 15) is 0 Å². The standard InChI is InChI=1S/C9H16O3/c1-6(10)12-8-3-2-7-4-5-11-9(7)8/h6-10H,2-5H2,1H3/t6?,7-,8+,9+/m1/s1. The molecule has 70 valence electrons. The summed E-state index contributed by atoms with van der Waals surface area (Å²) in [5.41, 5.74) is 0. The molecule has 0 aromatic rings. The van der Waals surface area contributed by atoms with Crippen molar-refractivity contribution in [1.82, 2.24) is 0 Å². The molecule has 4 atom stereocenters. The molecule has 0 bridgehead atoms. The van der Waals surface area contributed by atoms with Gasteiger partial charge < -0.3 is 14.6 Å². The number of hydrogen-bond acceptors (Lipinski definition) is 3. The van der Waals surface area contributed by atoms with E-state index >= 15 is 0 Å². The zero-order valence-electron chi connectivity index (χ0n) is 7.40. The van der Waals surface area contributed by atoms with Gasteiger partial charge in [0, 0.05) is 6.61 Å². The van der Waals surface area contributed by atoms with Crippen molar-refractivity contribution in [2.45, 2.75) is 44.7 Å². The molecule has 2 fully saturated rings. The van der Waals surface area contributed by atoms with E-state index in [-0.39, 0.29) is 12.2 Å². The Morgan fingerprint density at radius 3 is 3.00 bits per heavy atom. The summed E-state index contributed by atoms with van der Waals surface area (Å²) in [4.78, 5) is 0. The molecule has 12 heavy (non-hydrogen) atoms. The average molecular weight is 172 g/mol. The highest BCUT2D eigenvalue weighted by Gasteiger charge is 2.41. The summed E-state index contributed by atoms with van der Waals surface area (Å²) in [7, 11) is 0. The Bertz CT molecular complexity index is 158. The summed E-state index contributed by atoms with van der Waals surface area (Å²) in [5.74, 6) is 0.689. The molecule has 3 heteroatoms. The number of aliphatic hydroxyl groups is 1. The molecular weight excluding hydrogens is 156 g/mol. The van der Waals surface area contributed by atoms with Crippen LogP contribution in [0.4, 0.5) is 0 Å². The zero-order valence-corrected chi connectivity index (χ0v) is 7.40. The fourth-order valence-corrected chi connectivity index (χ4v) is 2.32. The van der Waals surface area contributed by atoms with Gasteiger partial charge in [0.25, 0.3) is 0 Å². The fraction of sp³-hybridized carbons (Fsp3) is 1.00. The molecular formula is C9H16O3. The normalized spacial score (nSPS) is 43.0. The molecule has 1 N–H and O–H groups in total. The Hall–Kier alpha value is -0.120. The van der Waals surface area contributed by atoms with Crippen molar-refractivity contribution in [3.05, 3.63) is 0 Å². The lowest BCUT2D eigenvalue weighted by atomic mass is 10.1. The molecule has 1 aliphatic carbocycles. The van der Waals surface area contributed by atoms with E-state index < -0.39 is 6.29 Å². The molecule has 1 aliphatic heterocycles. The third-order valence-electron chi connectivity index (χ3n) is 2.82. The summed E-state index contributed by atoms with van der Waals surface area (Å²) < 4.78 is 10.9. The second-order valence-corrected chi connectivity index (χ2v) is 3.74. The van der Waals surface area contributed by atoms with Gasteiger partial charge in [-0.1, -0.05) is 0 Å². The van der Waals surface area contributed by atoms with E-state index in [1.807, 2.05) is 0 Å². The molecule has 0 aromatic carbocycles.